The Balaban J connectivity index is 1.70. The summed E-state index contributed by atoms with van der Waals surface area (Å²) in [5.41, 5.74) is 7.29. The Hall–Kier alpha value is -3.08. The van der Waals surface area contributed by atoms with E-state index in [2.05, 4.69) is 42.1 Å². The summed E-state index contributed by atoms with van der Waals surface area (Å²) in [6.07, 6.45) is 0.232. The number of fused-ring (bicyclic) bond motifs is 1. The van der Waals surface area contributed by atoms with Gasteiger partial charge in [0.2, 0.25) is 0 Å². The van der Waals surface area contributed by atoms with Gasteiger partial charge in [0.05, 0.1) is 5.56 Å². The molecule has 3 rings (SSSR count). The second-order valence-electron chi connectivity index (χ2n) is 6.96. The van der Waals surface area contributed by atoms with Gasteiger partial charge in [-0.3, -0.25) is 4.79 Å². The van der Waals surface area contributed by atoms with E-state index in [-0.39, 0.29) is 18.2 Å². The molecule has 2 aromatic carbocycles. The molecule has 1 N–H and O–H groups in total. The molecule has 0 aliphatic heterocycles. The number of hydroxylamine groups is 1. The zero-order valence-corrected chi connectivity index (χ0v) is 16.1. The molecular formula is C22H24N2O3. The molecule has 1 aromatic heterocycles. The lowest BCUT2D eigenvalue weighted by Gasteiger charge is -2.13. The number of rotatable bonds is 4. The number of aryl methyl sites for hydroxylation is 2. The Morgan fingerprint density at radius 3 is 2.52 bits per heavy atom. The monoisotopic (exact) mass is 364 g/mol. The van der Waals surface area contributed by atoms with E-state index in [9.17, 15) is 9.59 Å². The molecule has 27 heavy (non-hydrogen) atoms. The van der Waals surface area contributed by atoms with Crippen molar-refractivity contribution < 1.29 is 14.4 Å². The SMILES string of the molecule is Cc1ccc2c(c1)c(C(C)CC(=O)NOC(=O)c1ccccc1)c(C)n2C. The summed E-state index contributed by atoms with van der Waals surface area (Å²) in [6.45, 7) is 6.14. The molecule has 5 heteroatoms. The summed E-state index contributed by atoms with van der Waals surface area (Å²) in [7, 11) is 2.03. The Morgan fingerprint density at radius 2 is 1.81 bits per heavy atom. The Morgan fingerprint density at radius 1 is 1.11 bits per heavy atom. The van der Waals surface area contributed by atoms with Crippen molar-refractivity contribution in [2.45, 2.75) is 33.1 Å². The molecule has 3 aromatic rings. The zero-order chi connectivity index (χ0) is 19.6. The summed E-state index contributed by atoms with van der Waals surface area (Å²) in [6, 6.07) is 14.9. The second-order valence-corrected chi connectivity index (χ2v) is 6.96. The number of amides is 1. The van der Waals surface area contributed by atoms with E-state index in [1.807, 2.05) is 20.0 Å². The third-order valence-corrected chi connectivity index (χ3v) is 4.95. The Bertz CT molecular complexity index is 990. The first-order valence-electron chi connectivity index (χ1n) is 8.99. The first-order valence-corrected chi connectivity index (χ1v) is 8.99. The average molecular weight is 364 g/mol. The minimum absolute atomic E-state index is 0.00840. The lowest BCUT2D eigenvalue weighted by Crippen LogP contribution is -2.28. The van der Waals surface area contributed by atoms with Gasteiger partial charge in [0.1, 0.15) is 0 Å². The molecule has 0 aliphatic rings. The van der Waals surface area contributed by atoms with Crippen molar-refractivity contribution in [2.24, 2.45) is 7.05 Å². The van der Waals surface area contributed by atoms with Gasteiger partial charge < -0.3 is 9.40 Å². The van der Waals surface area contributed by atoms with Gasteiger partial charge in [-0.2, -0.15) is 5.48 Å². The van der Waals surface area contributed by atoms with Crippen molar-refractivity contribution in [3.63, 3.8) is 0 Å². The second kappa shape index (κ2) is 7.66. The molecule has 0 saturated heterocycles. The lowest BCUT2D eigenvalue weighted by molar-refractivity contribution is -0.130. The number of hydrogen-bond donors (Lipinski definition) is 1. The van der Waals surface area contributed by atoms with Crippen molar-refractivity contribution in [1.82, 2.24) is 10.0 Å². The number of hydrogen-bond acceptors (Lipinski definition) is 3. The molecule has 5 nitrogen and oxygen atoms in total. The summed E-state index contributed by atoms with van der Waals surface area (Å²) in [5.74, 6) is -0.907. The summed E-state index contributed by atoms with van der Waals surface area (Å²) in [5, 5.41) is 1.16. The minimum Gasteiger partial charge on any atom is -0.348 e. The number of nitrogens with one attached hydrogen (secondary N) is 1. The van der Waals surface area contributed by atoms with Crippen LogP contribution in [0.15, 0.2) is 48.5 Å². The first kappa shape index (κ1) is 18.7. The van der Waals surface area contributed by atoms with Gasteiger partial charge in [0.15, 0.2) is 0 Å². The largest absolute Gasteiger partial charge is 0.362 e. The lowest BCUT2D eigenvalue weighted by atomic mass is 9.94. The van der Waals surface area contributed by atoms with E-state index >= 15 is 0 Å². The Labute approximate surface area is 158 Å². The highest BCUT2D eigenvalue weighted by Crippen LogP contribution is 2.33. The van der Waals surface area contributed by atoms with E-state index in [0.717, 1.165) is 22.2 Å². The molecule has 140 valence electrons. The van der Waals surface area contributed by atoms with E-state index in [1.165, 1.54) is 5.56 Å². The molecule has 0 aliphatic carbocycles. The predicted octanol–water partition coefficient (Wildman–Crippen LogP) is 4.18. The molecule has 0 radical (unpaired) electrons. The van der Waals surface area contributed by atoms with Crippen LogP contribution >= 0.6 is 0 Å². The maximum absolute atomic E-state index is 12.3. The van der Waals surface area contributed by atoms with Gasteiger partial charge in [0, 0.05) is 30.1 Å². The van der Waals surface area contributed by atoms with Crippen LogP contribution in [-0.4, -0.2) is 16.4 Å². The molecule has 1 amide bonds. The highest BCUT2D eigenvalue weighted by molar-refractivity contribution is 5.91. The number of nitrogens with zero attached hydrogens (tertiary/aromatic N) is 1. The average Bonchev–Trinajstić information content (AvgIpc) is 2.90. The van der Waals surface area contributed by atoms with E-state index in [1.54, 1.807) is 24.3 Å². The molecule has 0 spiro atoms. The van der Waals surface area contributed by atoms with Gasteiger partial charge in [-0.15, -0.1) is 0 Å². The van der Waals surface area contributed by atoms with Gasteiger partial charge >= 0.3 is 5.97 Å². The summed E-state index contributed by atoms with van der Waals surface area (Å²) in [4.78, 5) is 29.1. The molecule has 0 bridgehead atoms. The van der Waals surface area contributed by atoms with Crippen LogP contribution in [0.25, 0.3) is 10.9 Å². The highest BCUT2D eigenvalue weighted by atomic mass is 16.7. The smallest absolute Gasteiger partial charge is 0.348 e. The van der Waals surface area contributed by atoms with Crippen molar-refractivity contribution in [3.8, 4) is 0 Å². The van der Waals surface area contributed by atoms with Crippen LogP contribution in [0.2, 0.25) is 0 Å². The van der Waals surface area contributed by atoms with E-state index in [4.69, 9.17) is 4.84 Å². The fourth-order valence-corrected chi connectivity index (χ4v) is 3.49. The summed E-state index contributed by atoms with van der Waals surface area (Å²) < 4.78 is 2.15. The van der Waals surface area contributed by atoms with Crippen LogP contribution in [0.5, 0.6) is 0 Å². The van der Waals surface area contributed by atoms with Gasteiger partial charge in [-0.25, -0.2) is 4.79 Å². The normalized spacial score (nSPS) is 12.0. The van der Waals surface area contributed by atoms with Crippen molar-refractivity contribution in [3.05, 3.63) is 70.9 Å². The number of aromatic nitrogens is 1. The number of carbonyl (C=O) groups excluding carboxylic acids is 2. The predicted molar refractivity (Wildman–Crippen MR) is 105 cm³/mol. The van der Waals surface area contributed by atoms with Crippen LogP contribution in [0.4, 0.5) is 0 Å². The fraction of sp³-hybridized carbons (Fsp3) is 0.273. The third-order valence-electron chi connectivity index (χ3n) is 4.95. The van der Waals surface area contributed by atoms with Gasteiger partial charge in [-0.1, -0.05) is 36.8 Å². The first-order chi connectivity index (χ1) is 12.9. The maximum Gasteiger partial charge on any atom is 0.362 e. The van der Waals surface area contributed by atoms with Crippen LogP contribution in [0.3, 0.4) is 0 Å². The molecular weight excluding hydrogens is 340 g/mol. The van der Waals surface area contributed by atoms with Crippen molar-refractivity contribution >= 4 is 22.8 Å². The molecule has 1 unspecified atom stereocenters. The van der Waals surface area contributed by atoms with E-state index < -0.39 is 5.97 Å². The highest BCUT2D eigenvalue weighted by Gasteiger charge is 2.20. The molecule has 1 atom stereocenters. The number of carbonyl (C=O) groups is 2. The van der Waals surface area contributed by atoms with Gasteiger partial charge in [-0.05, 0) is 49.6 Å². The zero-order valence-electron chi connectivity index (χ0n) is 16.1. The van der Waals surface area contributed by atoms with E-state index in [0.29, 0.717) is 5.56 Å². The molecule has 1 heterocycles. The maximum atomic E-state index is 12.3. The minimum atomic E-state index is -0.575. The fourth-order valence-electron chi connectivity index (χ4n) is 3.49. The van der Waals surface area contributed by atoms with Crippen LogP contribution < -0.4 is 5.48 Å². The van der Waals surface area contributed by atoms with Gasteiger partial charge in [0.25, 0.3) is 5.91 Å². The van der Waals surface area contributed by atoms with Crippen LogP contribution in [0.1, 0.15) is 46.4 Å². The van der Waals surface area contributed by atoms with Crippen molar-refractivity contribution in [1.29, 1.82) is 0 Å². The summed E-state index contributed by atoms with van der Waals surface area (Å²) >= 11 is 0. The molecule has 0 saturated carbocycles. The quantitative estimate of drug-likeness (QED) is 0.707. The topological polar surface area (TPSA) is 60.3 Å². The van der Waals surface area contributed by atoms with Crippen molar-refractivity contribution in [2.75, 3.05) is 0 Å². The Kier molecular flexibility index (Phi) is 5.31. The van der Waals surface area contributed by atoms with Crippen LogP contribution in [-0.2, 0) is 16.7 Å². The third kappa shape index (κ3) is 3.87. The standard InChI is InChI=1S/C22H24N2O3/c1-14-10-11-19-18(12-14)21(16(3)24(19)4)15(2)13-20(25)23-27-22(26)17-8-6-5-7-9-17/h5-12,15H,13H2,1-4H3,(H,23,25). The number of benzene rings is 2. The van der Waals surface area contributed by atoms with Crippen LogP contribution in [0, 0.1) is 13.8 Å². The molecule has 0 fully saturated rings.